The average Bonchev–Trinajstić information content (AvgIpc) is 3.41. The number of nitrogens with one attached hydrogen (secondary N) is 1. The van der Waals surface area contributed by atoms with E-state index in [9.17, 15) is 0 Å². The van der Waals surface area contributed by atoms with Crippen LogP contribution in [0.2, 0.25) is 0 Å². The molecule has 0 saturated heterocycles. The van der Waals surface area contributed by atoms with Gasteiger partial charge < -0.3 is 4.74 Å². The van der Waals surface area contributed by atoms with E-state index in [-0.39, 0.29) is 0 Å². The first kappa shape index (κ1) is 21.5. The smallest absolute Gasteiger partial charge is 0.303 e. The number of rotatable bonds is 5. The van der Waals surface area contributed by atoms with Crippen LogP contribution in [0.4, 0.5) is 0 Å². The second-order valence-corrected chi connectivity index (χ2v) is 9.25. The first-order valence-electron chi connectivity index (χ1n) is 10.7. The van der Waals surface area contributed by atoms with Crippen molar-refractivity contribution < 1.29 is 4.74 Å². The first-order chi connectivity index (χ1) is 16.0. The highest BCUT2D eigenvalue weighted by atomic mass is 32.2. The van der Waals surface area contributed by atoms with Crippen molar-refractivity contribution in [3.05, 3.63) is 69.3 Å². The molecule has 5 rings (SSSR count). The fourth-order valence-corrected chi connectivity index (χ4v) is 4.67. The van der Waals surface area contributed by atoms with Crippen LogP contribution in [0.3, 0.4) is 0 Å². The standard InChI is InChI=1S/C25H23N5OS2/c1-5-31-24-27-21-15(3)14(2)16(4)26-23(21)30(24)18-12-10-17(11-13-18)19-8-6-7-9-20(19)22-28-25(32)33-29-22/h6-13H,5H2,1-4H3,(H,28,29,32). The van der Waals surface area contributed by atoms with E-state index >= 15 is 0 Å². The van der Waals surface area contributed by atoms with Crippen LogP contribution in [0.15, 0.2) is 48.5 Å². The second kappa shape index (κ2) is 8.53. The van der Waals surface area contributed by atoms with Gasteiger partial charge in [-0.25, -0.2) is 14.5 Å². The number of hydrogen-bond donors (Lipinski definition) is 1. The number of H-pyrrole nitrogens is 1. The predicted octanol–water partition coefficient (Wildman–Crippen LogP) is 6.59. The lowest BCUT2D eigenvalue weighted by Gasteiger charge is -2.12. The van der Waals surface area contributed by atoms with Crippen LogP contribution in [-0.2, 0) is 0 Å². The van der Waals surface area contributed by atoms with Crippen molar-refractivity contribution in [2.75, 3.05) is 6.61 Å². The highest BCUT2D eigenvalue weighted by Gasteiger charge is 2.19. The van der Waals surface area contributed by atoms with Crippen molar-refractivity contribution in [2.45, 2.75) is 27.7 Å². The predicted molar refractivity (Wildman–Crippen MR) is 136 cm³/mol. The lowest BCUT2D eigenvalue weighted by molar-refractivity contribution is 0.309. The lowest BCUT2D eigenvalue weighted by Crippen LogP contribution is -2.03. The molecule has 166 valence electrons. The molecule has 0 spiro atoms. The summed E-state index contributed by atoms with van der Waals surface area (Å²) in [6.45, 7) is 8.69. The van der Waals surface area contributed by atoms with Gasteiger partial charge in [0.05, 0.1) is 12.3 Å². The third kappa shape index (κ3) is 3.75. The molecular formula is C25H23N5OS2. The van der Waals surface area contributed by atoms with Crippen molar-refractivity contribution in [1.82, 2.24) is 23.9 Å². The number of nitrogens with zero attached hydrogens (tertiary/aromatic N) is 4. The van der Waals surface area contributed by atoms with Crippen LogP contribution in [-0.4, -0.2) is 30.5 Å². The number of fused-ring (bicyclic) bond motifs is 1. The number of aromatic amines is 1. The quantitative estimate of drug-likeness (QED) is 0.292. The van der Waals surface area contributed by atoms with Gasteiger partial charge in [-0.1, -0.05) is 36.4 Å². The van der Waals surface area contributed by atoms with Crippen molar-refractivity contribution in [2.24, 2.45) is 0 Å². The van der Waals surface area contributed by atoms with E-state index < -0.39 is 0 Å². The summed E-state index contributed by atoms with van der Waals surface area (Å²) in [5.74, 6) is 0.787. The van der Waals surface area contributed by atoms with E-state index in [4.69, 9.17) is 26.9 Å². The summed E-state index contributed by atoms with van der Waals surface area (Å²) in [4.78, 5) is 14.1. The molecule has 6 nitrogen and oxygen atoms in total. The number of aromatic nitrogens is 5. The summed E-state index contributed by atoms with van der Waals surface area (Å²) in [5, 5.41) is 0. The number of hydrogen-bond acceptors (Lipinski definition) is 6. The Balaban J connectivity index is 1.63. The molecule has 1 N–H and O–H groups in total. The Morgan fingerprint density at radius 3 is 2.33 bits per heavy atom. The fraction of sp³-hybridized carbons (Fsp3) is 0.200. The zero-order valence-electron chi connectivity index (χ0n) is 18.8. The van der Waals surface area contributed by atoms with Crippen molar-refractivity contribution >= 4 is 34.9 Å². The maximum absolute atomic E-state index is 5.90. The lowest BCUT2D eigenvalue weighted by atomic mass is 9.99. The minimum absolute atomic E-state index is 0.529. The topological polar surface area (TPSA) is 68.6 Å². The zero-order valence-corrected chi connectivity index (χ0v) is 20.5. The van der Waals surface area contributed by atoms with Crippen LogP contribution < -0.4 is 4.74 Å². The van der Waals surface area contributed by atoms with Gasteiger partial charge in [-0.15, -0.1) is 0 Å². The molecule has 0 fully saturated rings. The Hall–Kier alpha value is -3.36. The number of imidazole rings is 1. The van der Waals surface area contributed by atoms with E-state index in [1.165, 1.54) is 11.5 Å². The molecule has 0 amide bonds. The van der Waals surface area contributed by atoms with Gasteiger partial charge in [0.25, 0.3) is 0 Å². The average molecular weight is 474 g/mol. The molecule has 0 aliphatic carbocycles. The second-order valence-electron chi connectivity index (χ2n) is 7.81. The van der Waals surface area contributed by atoms with Crippen LogP contribution in [0.25, 0.3) is 39.4 Å². The fourth-order valence-electron chi connectivity index (χ4n) is 3.97. The van der Waals surface area contributed by atoms with E-state index in [0.29, 0.717) is 16.6 Å². The van der Waals surface area contributed by atoms with Gasteiger partial charge in [-0.2, -0.15) is 4.98 Å². The minimum Gasteiger partial charge on any atom is -0.465 e. The molecular weight excluding hydrogens is 450 g/mol. The van der Waals surface area contributed by atoms with Gasteiger partial charge in [0.2, 0.25) is 0 Å². The van der Waals surface area contributed by atoms with Gasteiger partial charge in [-0.05, 0) is 85.8 Å². The van der Waals surface area contributed by atoms with E-state index in [1.807, 2.05) is 30.5 Å². The molecule has 2 aromatic carbocycles. The molecule has 0 aliphatic rings. The Labute approximate surface area is 201 Å². The van der Waals surface area contributed by atoms with E-state index in [2.05, 4.69) is 59.6 Å². The summed E-state index contributed by atoms with van der Waals surface area (Å²) in [6.07, 6.45) is 0. The monoisotopic (exact) mass is 473 g/mol. The van der Waals surface area contributed by atoms with Gasteiger partial charge in [0, 0.05) is 11.3 Å². The summed E-state index contributed by atoms with van der Waals surface area (Å²) in [5.41, 5.74) is 9.09. The molecule has 0 bridgehead atoms. The normalized spacial score (nSPS) is 11.3. The number of ether oxygens (including phenoxy) is 1. The maximum atomic E-state index is 5.90. The summed E-state index contributed by atoms with van der Waals surface area (Å²) in [7, 11) is 0. The van der Waals surface area contributed by atoms with Crippen molar-refractivity contribution in [1.29, 1.82) is 0 Å². The van der Waals surface area contributed by atoms with Crippen LogP contribution in [0.1, 0.15) is 23.7 Å². The maximum Gasteiger partial charge on any atom is 0.303 e. The Morgan fingerprint density at radius 1 is 0.939 bits per heavy atom. The SMILES string of the molecule is CCOc1nc2c(C)c(C)c(C)nc2n1-c1ccc(-c2ccccc2-c2nc(=S)s[nH]2)cc1. The summed E-state index contributed by atoms with van der Waals surface area (Å²) in [6, 6.07) is 17.1. The first-order valence-corrected chi connectivity index (χ1v) is 11.9. The number of benzene rings is 2. The molecule has 0 atom stereocenters. The molecule has 3 aromatic heterocycles. The van der Waals surface area contributed by atoms with Gasteiger partial charge in [0.15, 0.2) is 9.60 Å². The number of aryl methyl sites for hydroxylation is 2. The molecule has 0 radical (unpaired) electrons. The largest absolute Gasteiger partial charge is 0.465 e. The summed E-state index contributed by atoms with van der Waals surface area (Å²) < 4.78 is 11.7. The minimum atomic E-state index is 0.529. The van der Waals surface area contributed by atoms with Crippen LogP contribution in [0.5, 0.6) is 6.01 Å². The third-order valence-electron chi connectivity index (χ3n) is 5.89. The number of pyridine rings is 1. The summed E-state index contributed by atoms with van der Waals surface area (Å²) >= 11 is 6.57. The van der Waals surface area contributed by atoms with E-state index in [1.54, 1.807) is 0 Å². The molecule has 8 heteroatoms. The Morgan fingerprint density at radius 2 is 1.67 bits per heavy atom. The van der Waals surface area contributed by atoms with Gasteiger partial charge >= 0.3 is 6.01 Å². The molecule has 0 aliphatic heterocycles. The highest BCUT2D eigenvalue weighted by Crippen LogP contribution is 2.33. The Kier molecular flexibility index (Phi) is 5.55. The molecule has 0 unspecified atom stereocenters. The Bertz CT molecular complexity index is 1530. The van der Waals surface area contributed by atoms with E-state index in [0.717, 1.165) is 56.2 Å². The van der Waals surface area contributed by atoms with Crippen LogP contribution >= 0.6 is 23.8 Å². The zero-order chi connectivity index (χ0) is 23.1. The van der Waals surface area contributed by atoms with Crippen molar-refractivity contribution in [3.8, 4) is 34.2 Å². The molecule has 0 saturated carbocycles. The molecule has 3 heterocycles. The van der Waals surface area contributed by atoms with Crippen LogP contribution in [0, 0.1) is 24.7 Å². The molecule has 5 aromatic rings. The van der Waals surface area contributed by atoms with Crippen molar-refractivity contribution in [3.63, 3.8) is 0 Å². The third-order valence-corrected chi connectivity index (χ3v) is 6.79. The molecule has 33 heavy (non-hydrogen) atoms. The van der Waals surface area contributed by atoms with Gasteiger partial charge in [0.1, 0.15) is 11.3 Å². The highest BCUT2D eigenvalue weighted by molar-refractivity contribution is 7.73. The van der Waals surface area contributed by atoms with Gasteiger partial charge in [-0.3, -0.25) is 4.37 Å².